The molecule has 0 saturated heterocycles. The van der Waals surface area contributed by atoms with E-state index in [4.69, 9.17) is 11.6 Å². The number of hydrogen-bond donors (Lipinski definition) is 1. The molecule has 17 heavy (non-hydrogen) atoms. The minimum Gasteiger partial charge on any atom is -0.354 e. The highest BCUT2D eigenvalue weighted by molar-refractivity contribution is 7.15. The first-order chi connectivity index (χ1) is 8.06. The highest BCUT2D eigenvalue weighted by atomic mass is 35.5. The number of hydrogen-bond acceptors (Lipinski definition) is 4. The van der Waals surface area contributed by atoms with Gasteiger partial charge in [0.05, 0.1) is 6.54 Å². The van der Waals surface area contributed by atoms with Gasteiger partial charge in [0.25, 0.3) is 5.96 Å². The van der Waals surface area contributed by atoms with E-state index >= 15 is 0 Å². The molecular formula is C8H12ClN5O2S. The number of guanidine groups is 1. The molecule has 1 rings (SSSR count). The predicted molar refractivity (Wildman–Crippen MR) is 66.7 cm³/mol. The molecule has 0 saturated carbocycles. The van der Waals surface area contributed by atoms with Crippen LogP contribution >= 0.6 is 22.9 Å². The second-order valence-corrected chi connectivity index (χ2v) is 4.70. The monoisotopic (exact) mass is 277 g/mol. The van der Waals surface area contributed by atoms with E-state index in [9.17, 15) is 10.1 Å². The summed E-state index contributed by atoms with van der Waals surface area (Å²) in [5, 5.41) is 15.6. The van der Waals surface area contributed by atoms with E-state index in [2.05, 4.69) is 15.4 Å². The number of halogens is 1. The van der Waals surface area contributed by atoms with Gasteiger partial charge in [-0.25, -0.2) is 15.1 Å². The zero-order chi connectivity index (χ0) is 12.8. The van der Waals surface area contributed by atoms with E-state index in [0.29, 0.717) is 17.6 Å². The van der Waals surface area contributed by atoms with Crippen molar-refractivity contribution >= 4 is 28.9 Å². The third-order valence-electron chi connectivity index (χ3n) is 1.95. The molecule has 0 aliphatic rings. The SMILES string of the molecule is CCN(Cc1cnc(Cl)s1)C(=N[N+](=O)[O-])NC. The van der Waals surface area contributed by atoms with E-state index < -0.39 is 5.03 Å². The molecule has 0 radical (unpaired) electrons. The van der Waals surface area contributed by atoms with Gasteiger partial charge in [-0.15, -0.1) is 11.3 Å². The molecule has 1 aromatic rings. The summed E-state index contributed by atoms with van der Waals surface area (Å²) in [5.74, 6) is 0.210. The molecule has 0 unspecified atom stereocenters. The molecule has 0 aromatic carbocycles. The van der Waals surface area contributed by atoms with Crippen LogP contribution in [0.25, 0.3) is 0 Å². The van der Waals surface area contributed by atoms with Crippen molar-refractivity contribution in [2.24, 2.45) is 5.10 Å². The Kier molecular flexibility index (Phi) is 5.11. The van der Waals surface area contributed by atoms with Crippen LogP contribution in [-0.2, 0) is 6.54 Å². The van der Waals surface area contributed by atoms with E-state index in [0.717, 1.165) is 4.88 Å². The molecule has 1 aromatic heterocycles. The largest absolute Gasteiger partial charge is 0.354 e. The third kappa shape index (κ3) is 4.16. The maximum Gasteiger partial charge on any atom is 0.271 e. The number of aromatic nitrogens is 1. The van der Waals surface area contributed by atoms with Crippen LogP contribution in [0.4, 0.5) is 0 Å². The molecule has 7 nitrogen and oxygen atoms in total. The van der Waals surface area contributed by atoms with Crippen molar-refractivity contribution in [1.29, 1.82) is 0 Å². The highest BCUT2D eigenvalue weighted by Gasteiger charge is 2.14. The van der Waals surface area contributed by atoms with Crippen LogP contribution in [0.2, 0.25) is 4.47 Å². The molecule has 0 amide bonds. The number of nitro groups is 1. The van der Waals surface area contributed by atoms with Gasteiger partial charge in [0.15, 0.2) is 9.50 Å². The van der Waals surface area contributed by atoms with Crippen molar-refractivity contribution in [2.45, 2.75) is 13.5 Å². The zero-order valence-electron chi connectivity index (χ0n) is 9.38. The average molecular weight is 278 g/mol. The first kappa shape index (κ1) is 13.7. The molecular weight excluding hydrogens is 266 g/mol. The van der Waals surface area contributed by atoms with Gasteiger partial charge in [-0.2, -0.15) is 0 Å². The molecule has 1 heterocycles. The summed E-state index contributed by atoms with van der Waals surface area (Å²) in [6.07, 6.45) is 1.65. The number of thiazole rings is 1. The minimum atomic E-state index is -0.728. The van der Waals surface area contributed by atoms with Gasteiger partial charge in [-0.3, -0.25) is 0 Å². The van der Waals surface area contributed by atoms with Crippen LogP contribution in [0.5, 0.6) is 0 Å². The standard InChI is InChI=1S/C8H12ClN5O2S/c1-3-13(8(10-2)12-14(15)16)5-6-4-11-7(9)17-6/h4H,3,5H2,1-2H3,(H,10,12). The highest BCUT2D eigenvalue weighted by Crippen LogP contribution is 2.19. The summed E-state index contributed by atoms with van der Waals surface area (Å²) in [6.45, 7) is 2.95. The fraction of sp³-hybridized carbons (Fsp3) is 0.500. The predicted octanol–water partition coefficient (Wildman–Crippen LogP) is 1.39. The summed E-state index contributed by atoms with van der Waals surface area (Å²) in [4.78, 5) is 16.9. The van der Waals surface area contributed by atoms with Crippen LogP contribution in [0, 0.1) is 10.1 Å². The maximum atomic E-state index is 10.4. The molecule has 9 heteroatoms. The summed E-state index contributed by atoms with van der Waals surface area (Å²) in [6, 6.07) is 0. The lowest BCUT2D eigenvalue weighted by molar-refractivity contribution is -0.486. The molecule has 1 N–H and O–H groups in total. The zero-order valence-corrected chi connectivity index (χ0v) is 11.0. The van der Waals surface area contributed by atoms with Crippen molar-refractivity contribution in [2.75, 3.05) is 13.6 Å². The second-order valence-electron chi connectivity index (χ2n) is 3.01. The molecule has 0 aliphatic carbocycles. The van der Waals surface area contributed by atoms with Gasteiger partial charge in [0, 0.05) is 24.7 Å². The normalized spacial score (nSPS) is 11.4. The lowest BCUT2D eigenvalue weighted by atomic mass is 10.4. The quantitative estimate of drug-likeness (QED) is 0.389. The smallest absolute Gasteiger partial charge is 0.271 e. The summed E-state index contributed by atoms with van der Waals surface area (Å²) >= 11 is 7.06. The van der Waals surface area contributed by atoms with Crippen molar-refractivity contribution in [3.63, 3.8) is 0 Å². The number of rotatable bonds is 4. The van der Waals surface area contributed by atoms with Gasteiger partial charge < -0.3 is 10.2 Å². The third-order valence-corrected chi connectivity index (χ3v) is 3.05. The second kappa shape index (κ2) is 6.36. The Balaban J connectivity index is 2.80. The van der Waals surface area contributed by atoms with Gasteiger partial charge in [-0.1, -0.05) is 11.6 Å². The fourth-order valence-corrected chi connectivity index (χ4v) is 2.22. The van der Waals surface area contributed by atoms with Crippen molar-refractivity contribution in [3.05, 3.63) is 25.7 Å². The number of nitrogens with one attached hydrogen (secondary N) is 1. The van der Waals surface area contributed by atoms with Gasteiger partial charge in [-0.05, 0) is 6.92 Å². The first-order valence-electron chi connectivity index (χ1n) is 4.82. The Morgan fingerprint density at radius 3 is 2.94 bits per heavy atom. The molecule has 0 spiro atoms. The van der Waals surface area contributed by atoms with Crippen molar-refractivity contribution in [1.82, 2.24) is 15.2 Å². The Morgan fingerprint density at radius 1 is 1.82 bits per heavy atom. The van der Waals surface area contributed by atoms with Crippen molar-refractivity contribution in [3.8, 4) is 0 Å². The van der Waals surface area contributed by atoms with Crippen molar-refractivity contribution < 1.29 is 5.03 Å². The molecule has 0 aliphatic heterocycles. The Hall–Kier alpha value is -1.41. The van der Waals surface area contributed by atoms with Crippen LogP contribution in [-0.4, -0.2) is 34.5 Å². The van der Waals surface area contributed by atoms with Gasteiger partial charge in [0.1, 0.15) is 5.10 Å². The number of hydrazone groups is 1. The topological polar surface area (TPSA) is 83.7 Å². The first-order valence-corrected chi connectivity index (χ1v) is 6.02. The number of nitrogens with zero attached hydrogens (tertiary/aromatic N) is 4. The van der Waals surface area contributed by atoms with E-state index in [1.165, 1.54) is 11.3 Å². The van der Waals surface area contributed by atoms with Gasteiger partial charge in [0.2, 0.25) is 0 Å². The van der Waals surface area contributed by atoms with Crippen LogP contribution in [0.3, 0.4) is 0 Å². The summed E-state index contributed by atoms with van der Waals surface area (Å²) in [7, 11) is 1.59. The van der Waals surface area contributed by atoms with E-state index in [1.54, 1.807) is 18.1 Å². The van der Waals surface area contributed by atoms with Crippen LogP contribution in [0.15, 0.2) is 11.3 Å². The Morgan fingerprint density at radius 2 is 2.53 bits per heavy atom. The molecule has 0 fully saturated rings. The Bertz CT molecular complexity index is 422. The Labute approximate surface area is 107 Å². The maximum absolute atomic E-state index is 10.4. The van der Waals surface area contributed by atoms with Gasteiger partial charge >= 0.3 is 0 Å². The van der Waals surface area contributed by atoms with Crippen LogP contribution < -0.4 is 5.32 Å². The lowest BCUT2D eigenvalue weighted by Gasteiger charge is -2.20. The van der Waals surface area contributed by atoms with E-state index in [-0.39, 0.29) is 5.96 Å². The lowest BCUT2D eigenvalue weighted by Crippen LogP contribution is -2.39. The summed E-state index contributed by atoms with van der Waals surface area (Å²) in [5.41, 5.74) is 0. The average Bonchev–Trinajstić information content (AvgIpc) is 2.68. The molecule has 0 atom stereocenters. The molecule has 0 bridgehead atoms. The summed E-state index contributed by atoms with van der Waals surface area (Å²) < 4.78 is 0.452. The minimum absolute atomic E-state index is 0.210. The fourth-order valence-electron chi connectivity index (χ4n) is 1.23. The van der Waals surface area contributed by atoms with Crippen LogP contribution in [0.1, 0.15) is 11.8 Å². The molecule has 94 valence electrons. The van der Waals surface area contributed by atoms with E-state index in [1.807, 2.05) is 6.92 Å².